The number of hydrogen-bond acceptors (Lipinski definition) is 6. The number of H-pyrrole nitrogens is 2. The quantitative estimate of drug-likeness (QED) is 0.319. The first kappa shape index (κ1) is 21.8. The maximum atomic E-state index is 13.6. The maximum absolute atomic E-state index is 13.6. The molecule has 0 aliphatic carbocycles. The molecule has 0 atom stereocenters. The second-order valence-corrected chi connectivity index (χ2v) is 9.38. The average Bonchev–Trinajstić information content (AvgIpc) is 3.69. The molecule has 0 bridgehead atoms. The molecular weight excluding hydrogens is 476 g/mol. The number of hydrogen-bond donors (Lipinski definition) is 2. The molecule has 0 saturated carbocycles. The molecule has 7 rings (SSSR count). The molecule has 1 aliphatic heterocycles. The molecule has 0 spiro atoms. The number of aromatic amines is 2. The molecule has 0 unspecified atom stereocenters. The summed E-state index contributed by atoms with van der Waals surface area (Å²) in [5, 5.41) is 8.52. The summed E-state index contributed by atoms with van der Waals surface area (Å²) in [4.78, 5) is 18.8. The molecule has 0 radical (unpaired) electrons. The van der Waals surface area contributed by atoms with Crippen molar-refractivity contribution in [1.29, 1.82) is 0 Å². The highest BCUT2D eigenvalue weighted by Crippen LogP contribution is 2.33. The molecule has 184 valence electrons. The van der Waals surface area contributed by atoms with E-state index < -0.39 is 5.92 Å². The molecule has 37 heavy (non-hydrogen) atoms. The van der Waals surface area contributed by atoms with Crippen molar-refractivity contribution in [3.05, 3.63) is 73.1 Å². The van der Waals surface area contributed by atoms with Gasteiger partial charge in [0.2, 0.25) is 0 Å². The summed E-state index contributed by atoms with van der Waals surface area (Å²) in [5.74, 6) is -1.99. The van der Waals surface area contributed by atoms with E-state index in [0.29, 0.717) is 24.6 Å². The number of likely N-dealkylation sites (tertiary alicyclic amines) is 1. The largest absolute Gasteiger partial charge is 0.472 e. The van der Waals surface area contributed by atoms with E-state index in [0.717, 1.165) is 49.9 Å². The maximum Gasteiger partial charge on any atom is 0.261 e. The van der Waals surface area contributed by atoms with E-state index in [1.165, 1.54) is 0 Å². The second-order valence-electron chi connectivity index (χ2n) is 9.38. The molecule has 1 aromatic carbocycles. The molecule has 6 heterocycles. The van der Waals surface area contributed by atoms with Crippen LogP contribution in [-0.2, 0) is 6.54 Å². The summed E-state index contributed by atoms with van der Waals surface area (Å²) < 4.78 is 32.5. The smallest absolute Gasteiger partial charge is 0.261 e. The Kier molecular flexibility index (Phi) is 4.90. The lowest BCUT2D eigenvalue weighted by molar-refractivity contribution is 0.0115. The number of furan rings is 1. The van der Waals surface area contributed by atoms with Crippen LogP contribution in [-0.4, -0.2) is 54.0 Å². The van der Waals surface area contributed by atoms with Gasteiger partial charge in [-0.05, 0) is 41.5 Å². The zero-order valence-corrected chi connectivity index (χ0v) is 19.6. The lowest BCUT2D eigenvalue weighted by atomic mass is 10.0. The zero-order valence-electron chi connectivity index (χ0n) is 19.6. The van der Waals surface area contributed by atoms with E-state index in [-0.39, 0.29) is 13.0 Å². The number of aromatic nitrogens is 6. The SMILES string of the molecule is FC1(F)CCN(Cc2cncc(-c3ccc4[nH]nc(-c5nc6c(-c7ccoc7)nccc6[nH]5)c4c3)c2)C1. The van der Waals surface area contributed by atoms with Crippen LogP contribution in [0.15, 0.2) is 71.9 Å². The third kappa shape index (κ3) is 3.95. The number of nitrogens with zero attached hydrogens (tertiary/aromatic N) is 5. The van der Waals surface area contributed by atoms with Crippen LogP contribution in [0.3, 0.4) is 0 Å². The van der Waals surface area contributed by atoms with E-state index in [9.17, 15) is 8.78 Å². The minimum absolute atomic E-state index is 0.0958. The zero-order chi connectivity index (χ0) is 25.0. The summed E-state index contributed by atoms with van der Waals surface area (Å²) >= 11 is 0. The van der Waals surface area contributed by atoms with Gasteiger partial charge in [-0.3, -0.25) is 20.0 Å². The van der Waals surface area contributed by atoms with Crippen molar-refractivity contribution in [2.75, 3.05) is 13.1 Å². The summed E-state index contributed by atoms with van der Waals surface area (Å²) in [5.41, 5.74) is 7.48. The third-order valence-corrected chi connectivity index (χ3v) is 6.77. The number of fused-ring (bicyclic) bond motifs is 2. The van der Waals surface area contributed by atoms with Crippen molar-refractivity contribution in [3.63, 3.8) is 0 Å². The van der Waals surface area contributed by atoms with Gasteiger partial charge in [-0.1, -0.05) is 6.07 Å². The molecule has 10 heteroatoms. The Hall–Kier alpha value is -4.44. The monoisotopic (exact) mass is 497 g/mol. The molecule has 0 amide bonds. The third-order valence-electron chi connectivity index (χ3n) is 6.77. The molecule has 5 aromatic heterocycles. The number of rotatable bonds is 5. The molecule has 1 saturated heterocycles. The minimum atomic E-state index is -2.61. The standard InChI is InChI=1S/C27H21F2N7O/c28-27(29)5-7-36(15-27)13-16-9-19(12-30-11-16)17-1-2-21-20(10-17)24(35-34-21)26-32-22-3-6-31-23(25(22)33-26)18-4-8-37-14-18/h1-4,6,8-12,14H,5,7,13,15H2,(H,32,33)(H,34,35). The number of alkyl halides is 2. The van der Waals surface area contributed by atoms with Gasteiger partial charge in [0, 0.05) is 54.6 Å². The topological polar surface area (TPSA) is 99.5 Å². The Morgan fingerprint density at radius 2 is 1.95 bits per heavy atom. The lowest BCUT2D eigenvalue weighted by Crippen LogP contribution is -2.24. The molecule has 1 aliphatic rings. The molecule has 1 fully saturated rings. The molecular formula is C27H21F2N7O. The van der Waals surface area contributed by atoms with Gasteiger partial charge in [0.1, 0.15) is 16.9 Å². The second kappa shape index (κ2) is 8.31. The average molecular weight is 498 g/mol. The van der Waals surface area contributed by atoms with E-state index in [4.69, 9.17) is 9.40 Å². The van der Waals surface area contributed by atoms with Crippen molar-refractivity contribution in [3.8, 4) is 33.9 Å². The van der Waals surface area contributed by atoms with E-state index in [1.807, 2.05) is 36.4 Å². The van der Waals surface area contributed by atoms with Crippen LogP contribution in [0.1, 0.15) is 12.0 Å². The Morgan fingerprint density at radius 1 is 1.00 bits per heavy atom. The van der Waals surface area contributed by atoms with Crippen LogP contribution in [0, 0.1) is 0 Å². The summed E-state index contributed by atoms with van der Waals surface area (Å²) in [6, 6.07) is 11.7. The summed E-state index contributed by atoms with van der Waals surface area (Å²) in [7, 11) is 0. The fourth-order valence-corrected chi connectivity index (χ4v) is 4.96. The van der Waals surface area contributed by atoms with Crippen LogP contribution in [0.5, 0.6) is 0 Å². The highest BCUT2D eigenvalue weighted by atomic mass is 19.3. The van der Waals surface area contributed by atoms with Crippen molar-refractivity contribution >= 4 is 21.9 Å². The lowest BCUT2D eigenvalue weighted by Gasteiger charge is -2.15. The van der Waals surface area contributed by atoms with Crippen LogP contribution in [0.4, 0.5) is 8.78 Å². The van der Waals surface area contributed by atoms with Gasteiger partial charge in [0.25, 0.3) is 5.92 Å². The normalized spacial score (nSPS) is 15.7. The highest BCUT2D eigenvalue weighted by molar-refractivity contribution is 5.97. The fraction of sp³-hybridized carbons (Fsp3) is 0.185. The first-order chi connectivity index (χ1) is 18.0. The van der Waals surface area contributed by atoms with Gasteiger partial charge in [0.15, 0.2) is 5.82 Å². The fourth-order valence-electron chi connectivity index (χ4n) is 4.96. The van der Waals surface area contributed by atoms with Gasteiger partial charge in [-0.2, -0.15) is 5.10 Å². The van der Waals surface area contributed by atoms with Crippen LogP contribution >= 0.6 is 0 Å². The Bertz CT molecular complexity index is 1740. The number of imidazole rings is 1. The first-order valence-corrected chi connectivity index (χ1v) is 11.9. The Labute approximate surface area is 209 Å². The highest BCUT2D eigenvalue weighted by Gasteiger charge is 2.37. The van der Waals surface area contributed by atoms with E-state index >= 15 is 0 Å². The van der Waals surface area contributed by atoms with E-state index in [1.54, 1.807) is 36.0 Å². The van der Waals surface area contributed by atoms with Crippen LogP contribution in [0.25, 0.3) is 55.8 Å². The summed E-state index contributed by atoms with van der Waals surface area (Å²) in [6.07, 6.45) is 8.41. The Morgan fingerprint density at radius 3 is 2.78 bits per heavy atom. The number of benzene rings is 1. The predicted molar refractivity (Wildman–Crippen MR) is 135 cm³/mol. The number of nitrogens with one attached hydrogen (secondary N) is 2. The van der Waals surface area contributed by atoms with Gasteiger partial charge in [0.05, 0.1) is 30.1 Å². The van der Waals surface area contributed by atoms with Crippen LogP contribution in [0.2, 0.25) is 0 Å². The minimum Gasteiger partial charge on any atom is -0.472 e. The van der Waals surface area contributed by atoms with Gasteiger partial charge in [-0.15, -0.1) is 0 Å². The Balaban J connectivity index is 1.24. The first-order valence-electron chi connectivity index (χ1n) is 11.9. The van der Waals surface area contributed by atoms with Crippen molar-refractivity contribution in [1.82, 2.24) is 35.0 Å². The number of halogens is 2. The summed E-state index contributed by atoms with van der Waals surface area (Å²) in [6.45, 7) is 0.620. The van der Waals surface area contributed by atoms with Crippen molar-refractivity contribution < 1.29 is 13.2 Å². The van der Waals surface area contributed by atoms with Gasteiger partial charge in [-0.25, -0.2) is 13.8 Å². The molecule has 2 N–H and O–H groups in total. The van der Waals surface area contributed by atoms with Gasteiger partial charge >= 0.3 is 0 Å². The predicted octanol–water partition coefficient (Wildman–Crippen LogP) is 5.66. The number of pyridine rings is 2. The van der Waals surface area contributed by atoms with Crippen LogP contribution < -0.4 is 0 Å². The van der Waals surface area contributed by atoms with E-state index in [2.05, 4.69) is 25.1 Å². The van der Waals surface area contributed by atoms with Crippen molar-refractivity contribution in [2.24, 2.45) is 0 Å². The molecule has 6 aromatic rings. The van der Waals surface area contributed by atoms with Crippen molar-refractivity contribution in [2.45, 2.75) is 18.9 Å². The van der Waals surface area contributed by atoms with Gasteiger partial charge < -0.3 is 9.40 Å². The molecule has 8 nitrogen and oxygen atoms in total.